The van der Waals surface area contributed by atoms with Crippen molar-refractivity contribution in [1.29, 1.82) is 0 Å². The van der Waals surface area contributed by atoms with Gasteiger partial charge in [-0.3, -0.25) is 9.78 Å². The van der Waals surface area contributed by atoms with Gasteiger partial charge in [0.2, 0.25) is 0 Å². The van der Waals surface area contributed by atoms with E-state index in [1.165, 1.54) is 5.56 Å². The van der Waals surface area contributed by atoms with Crippen molar-refractivity contribution in [2.24, 2.45) is 0 Å². The summed E-state index contributed by atoms with van der Waals surface area (Å²) in [6.45, 7) is 6.69. The monoisotopic (exact) mass is 433 g/mol. The number of carbonyl (C=O) groups is 1. The van der Waals surface area contributed by atoms with Crippen molar-refractivity contribution < 1.29 is 19.4 Å². The van der Waals surface area contributed by atoms with Crippen LogP contribution in [0.5, 0.6) is 11.5 Å². The zero-order valence-electron chi connectivity index (χ0n) is 19.0. The second kappa shape index (κ2) is 11.3. The number of hydrogen-bond acceptors (Lipinski definition) is 4. The van der Waals surface area contributed by atoms with E-state index in [-0.39, 0.29) is 12.5 Å². The Bertz CT molecular complexity index is 1030. The van der Waals surface area contributed by atoms with Crippen molar-refractivity contribution in [3.63, 3.8) is 0 Å². The van der Waals surface area contributed by atoms with Crippen molar-refractivity contribution in [2.45, 2.75) is 52.6 Å². The Kier molecular flexibility index (Phi) is 8.26. The molecule has 1 atom stereocenters. The highest BCUT2D eigenvalue weighted by atomic mass is 16.5. The molecule has 0 aliphatic rings. The molecule has 0 unspecified atom stereocenters. The lowest BCUT2D eigenvalue weighted by atomic mass is 10.0. The summed E-state index contributed by atoms with van der Waals surface area (Å²) in [7, 11) is 0. The number of rotatable bonds is 11. The predicted octanol–water partition coefficient (Wildman–Crippen LogP) is 5.87. The van der Waals surface area contributed by atoms with Gasteiger partial charge in [0.25, 0.3) is 0 Å². The van der Waals surface area contributed by atoms with E-state index in [1.807, 2.05) is 56.3 Å². The number of benzene rings is 2. The minimum atomic E-state index is -0.783. The third-order valence-corrected chi connectivity index (χ3v) is 5.44. The molecule has 0 aliphatic carbocycles. The Balaban J connectivity index is 1.58. The molecule has 32 heavy (non-hydrogen) atoms. The summed E-state index contributed by atoms with van der Waals surface area (Å²) in [5, 5.41) is 8.86. The van der Waals surface area contributed by atoms with Gasteiger partial charge < -0.3 is 14.6 Å². The molecular weight excluding hydrogens is 402 g/mol. The number of aromatic nitrogens is 1. The van der Waals surface area contributed by atoms with E-state index in [2.05, 4.69) is 24.0 Å². The number of aryl methyl sites for hydroxylation is 3. The van der Waals surface area contributed by atoms with E-state index < -0.39 is 5.97 Å². The van der Waals surface area contributed by atoms with Gasteiger partial charge in [-0.2, -0.15) is 0 Å². The molecule has 168 valence electrons. The van der Waals surface area contributed by atoms with Crippen molar-refractivity contribution in [1.82, 2.24) is 4.98 Å². The number of hydrogen-bond donors (Lipinski definition) is 1. The first kappa shape index (κ1) is 23.3. The second-order valence-corrected chi connectivity index (χ2v) is 7.95. The van der Waals surface area contributed by atoms with Crippen LogP contribution in [-0.2, 0) is 17.6 Å². The van der Waals surface area contributed by atoms with Gasteiger partial charge >= 0.3 is 5.97 Å². The van der Waals surface area contributed by atoms with Crippen LogP contribution in [0, 0.1) is 6.92 Å². The average Bonchev–Trinajstić information content (AvgIpc) is 2.79. The summed E-state index contributed by atoms with van der Waals surface area (Å²) in [5.41, 5.74) is 5.24. The number of aliphatic carboxylic acids is 1. The Morgan fingerprint density at radius 3 is 2.66 bits per heavy atom. The van der Waals surface area contributed by atoms with E-state index in [1.54, 1.807) is 6.20 Å². The third kappa shape index (κ3) is 6.58. The molecule has 3 aromatic rings. The molecule has 0 saturated carbocycles. The Hall–Kier alpha value is -3.34. The molecule has 5 nitrogen and oxygen atoms in total. The highest BCUT2D eigenvalue weighted by Gasteiger charge is 2.12. The normalized spacial score (nSPS) is 11.7. The lowest BCUT2D eigenvalue weighted by Crippen LogP contribution is -2.16. The first-order valence-corrected chi connectivity index (χ1v) is 11.1. The molecule has 0 amide bonds. The second-order valence-electron chi connectivity index (χ2n) is 7.95. The Morgan fingerprint density at radius 1 is 1.12 bits per heavy atom. The number of nitrogens with zero attached hydrogens (tertiary/aromatic N) is 1. The van der Waals surface area contributed by atoms with Gasteiger partial charge in [-0.1, -0.05) is 25.1 Å². The van der Waals surface area contributed by atoms with Crippen LogP contribution in [0.1, 0.15) is 43.4 Å². The smallest absolute Gasteiger partial charge is 0.303 e. The van der Waals surface area contributed by atoms with E-state index in [4.69, 9.17) is 14.6 Å². The Morgan fingerprint density at radius 2 is 1.97 bits per heavy atom. The fraction of sp³-hybridized carbons (Fsp3) is 0.333. The van der Waals surface area contributed by atoms with E-state index in [0.717, 1.165) is 46.7 Å². The molecule has 0 radical (unpaired) electrons. The zero-order chi connectivity index (χ0) is 22.9. The maximum atomic E-state index is 10.8. The SMILES string of the molecule is CCc1ccc(O[C@@H](C)CCOc2ccc(CCC(=O)O)c(C)c2)c(-c2ccccn2)c1. The summed E-state index contributed by atoms with van der Waals surface area (Å²) >= 11 is 0. The molecule has 0 fully saturated rings. The van der Waals surface area contributed by atoms with Crippen LogP contribution in [-0.4, -0.2) is 28.8 Å². The molecule has 1 heterocycles. The summed E-state index contributed by atoms with van der Waals surface area (Å²) in [5.74, 6) is 0.830. The van der Waals surface area contributed by atoms with Gasteiger partial charge in [-0.05, 0) is 79.8 Å². The van der Waals surface area contributed by atoms with Gasteiger partial charge in [-0.15, -0.1) is 0 Å². The lowest BCUT2D eigenvalue weighted by molar-refractivity contribution is -0.136. The zero-order valence-corrected chi connectivity index (χ0v) is 19.0. The highest BCUT2D eigenvalue weighted by molar-refractivity contribution is 5.68. The molecule has 3 rings (SSSR count). The van der Waals surface area contributed by atoms with Gasteiger partial charge in [0, 0.05) is 24.6 Å². The standard InChI is InChI=1S/C27H31NO4/c1-4-21-8-12-26(24(18-21)25-7-5-6-15-28-25)32-20(3)14-16-31-23-11-9-22(19(2)17-23)10-13-27(29)30/h5-9,11-12,15,17-18,20H,4,10,13-14,16H2,1-3H3,(H,29,30)/t20-/m0/s1. The number of carboxylic acid groups (broad SMARTS) is 1. The minimum absolute atomic E-state index is 0.0270. The first-order valence-electron chi connectivity index (χ1n) is 11.1. The largest absolute Gasteiger partial charge is 0.493 e. The molecule has 0 bridgehead atoms. The third-order valence-electron chi connectivity index (χ3n) is 5.44. The van der Waals surface area contributed by atoms with E-state index in [0.29, 0.717) is 13.0 Å². The maximum Gasteiger partial charge on any atom is 0.303 e. The number of carboxylic acids is 1. The van der Waals surface area contributed by atoms with Gasteiger partial charge in [0.1, 0.15) is 11.5 Å². The van der Waals surface area contributed by atoms with Gasteiger partial charge in [0.15, 0.2) is 0 Å². The van der Waals surface area contributed by atoms with Crippen LogP contribution in [0.4, 0.5) is 0 Å². The van der Waals surface area contributed by atoms with E-state index >= 15 is 0 Å². The molecular formula is C27H31NO4. The van der Waals surface area contributed by atoms with Crippen LogP contribution in [0.25, 0.3) is 11.3 Å². The molecule has 0 aliphatic heterocycles. The van der Waals surface area contributed by atoms with Crippen molar-refractivity contribution in [3.05, 3.63) is 77.5 Å². The van der Waals surface area contributed by atoms with Crippen LogP contribution in [0.2, 0.25) is 0 Å². The summed E-state index contributed by atoms with van der Waals surface area (Å²) in [6, 6.07) is 18.0. The summed E-state index contributed by atoms with van der Waals surface area (Å²) < 4.78 is 12.2. The fourth-order valence-electron chi connectivity index (χ4n) is 3.52. The van der Waals surface area contributed by atoms with Crippen molar-refractivity contribution in [3.8, 4) is 22.8 Å². The molecule has 2 aromatic carbocycles. The van der Waals surface area contributed by atoms with Crippen molar-refractivity contribution >= 4 is 5.97 Å². The molecule has 0 saturated heterocycles. The van der Waals surface area contributed by atoms with Crippen LogP contribution in [0.3, 0.4) is 0 Å². The summed E-state index contributed by atoms with van der Waals surface area (Å²) in [6.07, 6.45) is 4.12. The topological polar surface area (TPSA) is 68.7 Å². The quantitative estimate of drug-likeness (QED) is 0.409. The maximum absolute atomic E-state index is 10.8. The summed E-state index contributed by atoms with van der Waals surface area (Å²) in [4.78, 5) is 15.3. The number of pyridine rings is 1. The molecule has 0 spiro atoms. The van der Waals surface area contributed by atoms with Gasteiger partial charge in [-0.25, -0.2) is 0 Å². The predicted molar refractivity (Wildman–Crippen MR) is 126 cm³/mol. The number of ether oxygens (including phenoxy) is 2. The lowest BCUT2D eigenvalue weighted by Gasteiger charge is -2.18. The van der Waals surface area contributed by atoms with Crippen LogP contribution in [0.15, 0.2) is 60.8 Å². The molecule has 1 aromatic heterocycles. The van der Waals surface area contributed by atoms with Crippen LogP contribution < -0.4 is 9.47 Å². The molecule has 1 N–H and O–H groups in total. The minimum Gasteiger partial charge on any atom is -0.493 e. The molecule has 5 heteroatoms. The van der Waals surface area contributed by atoms with Crippen LogP contribution >= 0.6 is 0 Å². The van der Waals surface area contributed by atoms with Crippen molar-refractivity contribution in [2.75, 3.05) is 6.61 Å². The Labute approximate surface area is 190 Å². The highest BCUT2D eigenvalue weighted by Crippen LogP contribution is 2.31. The van der Waals surface area contributed by atoms with Gasteiger partial charge in [0.05, 0.1) is 18.4 Å². The van der Waals surface area contributed by atoms with E-state index in [9.17, 15) is 4.79 Å². The average molecular weight is 434 g/mol. The fourth-order valence-corrected chi connectivity index (χ4v) is 3.52. The first-order chi connectivity index (χ1) is 15.5.